The van der Waals surface area contributed by atoms with Crippen LogP contribution in [0.3, 0.4) is 0 Å². The number of anilines is 1. The predicted molar refractivity (Wildman–Crippen MR) is 103 cm³/mol. The number of nitrogen functional groups attached to an aromatic ring is 1. The normalized spacial score (nSPS) is 15.3. The number of nitrogens with zero attached hydrogens (tertiary/aromatic N) is 3. The number of benzene rings is 1. The van der Waals surface area contributed by atoms with Gasteiger partial charge in [-0.2, -0.15) is 0 Å². The lowest BCUT2D eigenvalue weighted by atomic mass is 9.73. The van der Waals surface area contributed by atoms with E-state index in [0.717, 1.165) is 5.69 Å². The third-order valence-electron chi connectivity index (χ3n) is 4.85. The number of nitrogens with two attached hydrogens (primary N) is 1. The highest BCUT2D eigenvalue weighted by atomic mass is 32.1. The minimum atomic E-state index is -0.771. The molecule has 0 bridgehead atoms. The number of amides is 2. The number of hydrogen-bond donors (Lipinski definition) is 1. The average molecular weight is 390 g/mol. The quantitative estimate of drug-likeness (QED) is 0.818. The molecule has 1 fully saturated rings. The van der Waals surface area contributed by atoms with Gasteiger partial charge in [-0.15, -0.1) is 11.3 Å². The lowest BCUT2D eigenvalue weighted by Crippen LogP contribution is -2.65. The molecule has 0 spiro atoms. The first-order chi connectivity index (χ1) is 12.8. The van der Waals surface area contributed by atoms with Gasteiger partial charge in [-0.05, 0) is 24.5 Å². The summed E-state index contributed by atoms with van der Waals surface area (Å²) in [7, 11) is 3.37. The van der Waals surface area contributed by atoms with Gasteiger partial charge in [-0.25, -0.2) is 9.37 Å². The number of aryl methyl sites for hydroxylation is 1. The first kappa shape index (κ1) is 19.3. The van der Waals surface area contributed by atoms with Gasteiger partial charge in [0.15, 0.2) is 5.13 Å². The maximum Gasteiger partial charge on any atom is 0.232 e. The molecule has 2 N–H and O–H groups in total. The summed E-state index contributed by atoms with van der Waals surface area (Å²) in [6.07, 6.45) is 1.11. The Hall–Kier alpha value is -2.48. The van der Waals surface area contributed by atoms with E-state index in [-0.39, 0.29) is 24.1 Å². The van der Waals surface area contributed by atoms with E-state index in [1.807, 2.05) is 5.38 Å². The standard InChI is InChI=1S/C19H23FN4O2S/c1-23(2)17(26)19(9-13-5-3-4-6-15(13)20)11-24(12-19)16(25)8-7-14-10-27-18(21)22-14/h3-6,10H,7-9,11-12H2,1-2H3,(H2,21,22). The van der Waals surface area contributed by atoms with E-state index >= 15 is 0 Å². The topological polar surface area (TPSA) is 79.5 Å². The zero-order valence-electron chi connectivity index (χ0n) is 15.4. The van der Waals surface area contributed by atoms with Gasteiger partial charge in [0.05, 0.1) is 11.1 Å². The second kappa shape index (κ2) is 7.64. The zero-order chi connectivity index (χ0) is 19.6. The minimum Gasteiger partial charge on any atom is -0.375 e. The third-order valence-corrected chi connectivity index (χ3v) is 5.57. The first-order valence-corrected chi connectivity index (χ1v) is 9.61. The van der Waals surface area contributed by atoms with E-state index in [0.29, 0.717) is 36.6 Å². The number of carbonyl (C=O) groups is 2. The summed E-state index contributed by atoms with van der Waals surface area (Å²) in [5, 5.41) is 2.33. The summed E-state index contributed by atoms with van der Waals surface area (Å²) >= 11 is 1.35. The van der Waals surface area contributed by atoms with Crippen molar-refractivity contribution in [3.63, 3.8) is 0 Å². The summed E-state index contributed by atoms with van der Waals surface area (Å²) in [4.78, 5) is 32.6. The molecule has 0 saturated carbocycles. The van der Waals surface area contributed by atoms with Gasteiger partial charge in [0, 0.05) is 39.0 Å². The molecule has 0 unspecified atom stereocenters. The summed E-state index contributed by atoms with van der Waals surface area (Å²) in [5.74, 6) is -0.436. The molecule has 2 amide bonds. The minimum absolute atomic E-state index is 0.0303. The van der Waals surface area contributed by atoms with Crippen molar-refractivity contribution in [2.75, 3.05) is 32.9 Å². The average Bonchev–Trinajstić information content (AvgIpc) is 3.02. The fraction of sp³-hybridized carbons (Fsp3) is 0.421. The van der Waals surface area contributed by atoms with Crippen LogP contribution >= 0.6 is 11.3 Å². The van der Waals surface area contributed by atoms with Gasteiger partial charge >= 0.3 is 0 Å². The Balaban J connectivity index is 1.66. The fourth-order valence-corrected chi connectivity index (χ4v) is 4.09. The van der Waals surface area contributed by atoms with Crippen molar-refractivity contribution in [2.24, 2.45) is 5.41 Å². The lowest BCUT2D eigenvalue weighted by Gasteiger charge is -2.50. The van der Waals surface area contributed by atoms with Crippen LogP contribution in [0.4, 0.5) is 9.52 Å². The largest absolute Gasteiger partial charge is 0.375 e. The van der Waals surface area contributed by atoms with Crippen molar-refractivity contribution in [1.82, 2.24) is 14.8 Å². The van der Waals surface area contributed by atoms with Crippen molar-refractivity contribution >= 4 is 28.3 Å². The Morgan fingerprint density at radius 3 is 2.63 bits per heavy atom. The molecular weight excluding hydrogens is 367 g/mol. The van der Waals surface area contributed by atoms with Crippen molar-refractivity contribution in [1.29, 1.82) is 0 Å². The van der Waals surface area contributed by atoms with Gasteiger partial charge in [0.1, 0.15) is 5.82 Å². The molecule has 2 aromatic rings. The summed E-state index contributed by atoms with van der Waals surface area (Å²) in [6, 6.07) is 6.47. The molecule has 0 aliphatic carbocycles. The molecule has 1 aromatic carbocycles. The van der Waals surface area contributed by atoms with E-state index < -0.39 is 5.41 Å². The monoisotopic (exact) mass is 390 g/mol. The summed E-state index contributed by atoms with van der Waals surface area (Å²) < 4.78 is 14.1. The molecule has 0 atom stereocenters. The number of likely N-dealkylation sites (tertiary alicyclic amines) is 1. The predicted octanol–water partition coefficient (Wildman–Crippen LogP) is 1.96. The van der Waals surface area contributed by atoms with Crippen molar-refractivity contribution in [3.8, 4) is 0 Å². The van der Waals surface area contributed by atoms with Gasteiger partial charge in [-0.3, -0.25) is 9.59 Å². The Morgan fingerprint density at radius 2 is 2.04 bits per heavy atom. The second-order valence-corrected chi connectivity index (χ2v) is 8.06. The van der Waals surface area contributed by atoms with Crippen LogP contribution in [0.15, 0.2) is 29.6 Å². The Morgan fingerprint density at radius 1 is 1.33 bits per heavy atom. The van der Waals surface area contributed by atoms with Gasteiger partial charge in [0.25, 0.3) is 0 Å². The van der Waals surface area contributed by atoms with Crippen molar-refractivity contribution in [2.45, 2.75) is 19.3 Å². The highest BCUT2D eigenvalue weighted by Crippen LogP contribution is 2.37. The van der Waals surface area contributed by atoms with Gasteiger partial charge in [0.2, 0.25) is 11.8 Å². The summed E-state index contributed by atoms with van der Waals surface area (Å²) in [6.45, 7) is 0.604. The van der Waals surface area contributed by atoms with Crippen LogP contribution in [0.25, 0.3) is 0 Å². The van der Waals surface area contributed by atoms with Crippen LogP contribution in [0.1, 0.15) is 17.7 Å². The van der Waals surface area contributed by atoms with Crippen LogP contribution in [-0.2, 0) is 22.4 Å². The number of halogens is 1. The Labute approximate surface area is 161 Å². The van der Waals surface area contributed by atoms with E-state index in [2.05, 4.69) is 4.98 Å². The molecule has 6 nitrogen and oxygen atoms in total. The van der Waals surface area contributed by atoms with Crippen LogP contribution < -0.4 is 5.73 Å². The molecule has 1 saturated heterocycles. The highest BCUT2D eigenvalue weighted by Gasteiger charge is 2.51. The third kappa shape index (κ3) is 4.10. The number of thiazole rings is 1. The molecular formula is C19H23FN4O2S. The highest BCUT2D eigenvalue weighted by molar-refractivity contribution is 7.13. The molecule has 0 radical (unpaired) electrons. The van der Waals surface area contributed by atoms with E-state index in [9.17, 15) is 14.0 Å². The summed E-state index contributed by atoms with van der Waals surface area (Å²) in [5.41, 5.74) is 6.13. The van der Waals surface area contributed by atoms with Crippen LogP contribution in [0, 0.1) is 11.2 Å². The maximum atomic E-state index is 14.1. The number of carbonyl (C=O) groups excluding carboxylic acids is 2. The second-order valence-electron chi connectivity index (χ2n) is 7.17. The lowest BCUT2D eigenvalue weighted by molar-refractivity contribution is -0.159. The number of aromatic nitrogens is 1. The molecule has 8 heteroatoms. The zero-order valence-corrected chi connectivity index (χ0v) is 16.3. The smallest absolute Gasteiger partial charge is 0.232 e. The Bertz CT molecular complexity index is 846. The van der Waals surface area contributed by atoms with Gasteiger partial charge < -0.3 is 15.5 Å². The first-order valence-electron chi connectivity index (χ1n) is 8.73. The van der Waals surface area contributed by atoms with Crippen LogP contribution in [-0.4, -0.2) is 53.8 Å². The van der Waals surface area contributed by atoms with E-state index in [1.165, 1.54) is 22.3 Å². The number of rotatable bonds is 6. The van der Waals surface area contributed by atoms with Crippen molar-refractivity contribution < 1.29 is 14.0 Å². The van der Waals surface area contributed by atoms with Crippen LogP contribution in [0.5, 0.6) is 0 Å². The molecule has 144 valence electrons. The van der Waals surface area contributed by atoms with Crippen molar-refractivity contribution in [3.05, 3.63) is 46.7 Å². The molecule has 1 aliphatic rings. The molecule has 1 aromatic heterocycles. The maximum absolute atomic E-state index is 14.1. The van der Waals surface area contributed by atoms with E-state index in [1.54, 1.807) is 37.2 Å². The SMILES string of the molecule is CN(C)C(=O)C1(Cc2ccccc2F)CN(C(=O)CCc2csc(N)n2)C1. The van der Waals surface area contributed by atoms with E-state index in [4.69, 9.17) is 5.73 Å². The fourth-order valence-electron chi connectivity index (χ4n) is 3.49. The number of hydrogen-bond acceptors (Lipinski definition) is 5. The molecule has 27 heavy (non-hydrogen) atoms. The molecule has 1 aliphatic heterocycles. The van der Waals surface area contributed by atoms with Crippen LogP contribution in [0.2, 0.25) is 0 Å². The molecule has 2 heterocycles. The molecule has 3 rings (SSSR count). The van der Waals surface area contributed by atoms with Gasteiger partial charge in [-0.1, -0.05) is 18.2 Å². The Kier molecular flexibility index (Phi) is 5.46.